The van der Waals surface area contributed by atoms with Crippen molar-refractivity contribution >= 4 is 27.3 Å². The molecule has 0 spiro atoms. The lowest BCUT2D eigenvalue weighted by molar-refractivity contribution is -0.0246. The summed E-state index contributed by atoms with van der Waals surface area (Å²) >= 11 is 4.93. The molecule has 0 saturated heterocycles. The molecule has 2 rings (SSSR count). The summed E-state index contributed by atoms with van der Waals surface area (Å²) in [7, 11) is 0. The van der Waals surface area contributed by atoms with Gasteiger partial charge in [0, 0.05) is 5.38 Å². The Morgan fingerprint density at radius 1 is 1.65 bits per heavy atom. The van der Waals surface area contributed by atoms with Crippen LogP contribution in [0.25, 0.3) is 0 Å². The summed E-state index contributed by atoms with van der Waals surface area (Å²) in [6.07, 6.45) is 5.33. The number of hydrogen-bond acceptors (Lipinski definition) is 3. The van der Waals surface area contributed by atoms with E-state index in [-0.39, 0.29) is 0 Å². The van der Waals surface area contributed by atoms with Crippen molar-refractivity contribution in [3.63, 3.8) is 0 Å². The number of thiazole rings is 1. The Morgan fingerprint density at radius 2 is 2.41 bits per heavy atom. The predicted molar refractivity (Wildman–Crippen MR) is 75.1 cm³/mol. The van der Waals surface area contributed by atoms with E-state index in [2.05, 4.69) is 34.8 Å². The number of nitrogens with zero attached hydrogens (tertiary/aromatic N) is 1. The third-order valence-corrected chi connectivity index (χ3v) is 5.25. The lowest BCUT2D eigenvalue weighted by Gasteiger charge is -2.36. The Kier molecular flexibility index (Phi) is 4.26. The fraction of sp³-hybridized carbons (Fsp3) is 0.769. The summed E-state index contributed by atoms with van der Waals surface area (Å²) in [5, 5.41) is 13.6. The molecular weight excluding hydrogens is 298 g/mol. The molecule has 0 radical (unpaired) electrons. The molecule has 96 valence electrons. The van der Waals surface area contributed by atoms with Gasteiger partial charge in [0.25, 0.3) is 0 Å². The molecule has 2 nitrogen and oxygen atoms in total. The Hall–Kier alpha value is 0.0700. The van der Waals surface area contributed by atoms with Crippen molar-refractivity contribution < 1.29 is 5.11 Å². The number of halogens is 1. The molecule has 1 aliphatic rings. The summed E-state index contributed by atoms with van der Waals surface area (Å²) in [4.78, 5) is 4.40. The topological polar surface area (TPSA) is 33.1 Å². The maximum absolute atomic E-state index is 10.8. The lowest BCUT2D eigenvalue weighted by atomic mass is 9.75. The van der Waals surface area contributed by atoms with Gasteiger partial charge in [-0.3, -0.25) is 0 Å². The van der Waals surface area contributed by atoms with E-state index >= 15 is 0 Å². The third kappa shape index (κ3) is 3.30. The van der Waals surface area contributed by atoms with Crippen LogP contribution in [-0.2, 0) is 5.60 Å². The maximum Gasteiger partial charge on any atom is 0.126 e. The molecule has 1 aromatic rings. The first kappa shape index (κ1) is 13.5. The number of rotatable bonds is 3. The van der Waals surface area contributed by atoms with Crippen molar-refractivity contribution in [3.8, 4) is 0 Å². The first-order valence-electron chi connectivity index (χ1n) is 6.33. The molecule has 1 fully saturated rings. The Labute approximate surface area is 116 Å². The highest BCUT2D eigenvalue weighted by Crippen LogP contribution is 2.43. The van der Waals surface area contributed by atoms with Crippen molar-refractivity contribution in [3.05, 3.63) is 15.0 Å². The standard InChI is InChI=1S/C13H20BrNOS/c1-9(2)6-10-4-3-5-13(16,7-10)12-15-11(14)8-17-12/h8-10,16H,3-7H2,1-2H3. The van der Waals surface area contributed by atoms with E-state index in [4.69, 9.17) is 0 Å². The van der Waals surface area contributed by atoms with Crippen LogP contribution in [0, 0.1) is 11.8 Å². The van der Waals surface area contributed by atoms with E-state index in [1.165, 1.54) is 12.8 Å². The van der Waals surface area contributed by atoms with Crippen LogP contribution in [0.3, 0.4) is 0 Å². The summed E-state index contributed by atoms with van der Waals surface area (Å²) in [5.41, 5.74) is -0.672. The Bertz CT molecular complexity index is 379. The van der Waals surface area contributed by atoms with Crippen LogP contribution in [-0.4, -0.2) is 10.1 Å². The third-order valence-electron chi connectivity index (χ3n) is 3.51. The highest BCUT2D eigenvalue weighted by atomic mass is 79.9. The van der Waals surface area contributed by atoms with Gasteiger partial charge in [-0.05, 0) is 53.4 Å². The molecule has 1 aliphatic carbocycles. The number of aliphatic hydroxyl groups is 1. The van der Waals surface area contributed by atoms with Crippen LogP contribution in [0.1, 0.15) is 51.0 Å². The second-order valence-corrected chi connectivity index (χ2v) is 7.27. The van der Waals surface area contributed by atoms with E-state index in [0.29, 0.717) is 11.8 Å². The van der Waals surface area contributed by atoms with Crippen LogP contribution < -0.4 is 0 Å². The molecule has 2 unspecified atom stereocenters. The van der Waals surface area contributed by atoms with E-state index in [0.717, 1.165) is 28.9 Å². The molecule has 0 amide bonds. The predicted octanol–water partition coefficient (Wildman–Crippen LogP) is 4.33. The average Bonchev–Trinajstić information content (AvgIpc) is 2.64. The van der Waals surface area contributed by atoms with Gasteiger partial charge in [0.1, 0.15) is 15.2 Å². The van der Waals surface area contributed by atoms with Gasteiger partial charge in [0.05, 0.1) is 0 Å². The van der Waals surface area contributed by atoms with Crippen LogP contribution in [0.5, 0.6) is 0 Å². The van der Waals surface area contributed by atoms with Crippen LogP contribution in [0.15, 0.2) is 9.98 Å². The molecule has 4 heteroatoms. The van der Waals surface area contributed by atoms with Gasteiger partial charge in [-0.25, -0.2) is 4.98 Å². The zero-order valence-corrected chi connectivity index (χ0v) is 12.9. The van der Waals surface area contributed by atoms with Crippen molar-refractivity contribution in [2.75, 3.05) is 0 Å². The minimum absolute atomic E-state index is 0.649. The van der Waals surface area contributed by atoms with Crippen molar-refractivity contribution in [1.82, 2.24) is 4.98 Å². The van der Waals surface area contributed by atoms with Crippen LogP contribution in [0.2, 0.25) is 0 Å². The lowest BCUT2D eigenvalue weighted by Crippen LogP contribution is -2.33. The summed E-state index contributed by atoms with van der Waals surface area (Å²) in [6, 6.07) is 0. The summed E-state index contributed by atoms with van der Waals surface area (Å²) < 4.78 is 0.844. The molecule has 1 N–H and O–H groups in total. The minimum atomic E-state index is -0.672. The zero-order chi connectivity index (χ0) is 12.5. The Morgan fingerprint density at radius 3 is 3.00 bits per heavy atom. The van der Waals surface area contributed by atoms with E-state index < -0.39 is 5.60 Å². The summed E-state index contributed by atoms with van der Waals surface area (Å²) in [6.45, 7) is 4.52. The molecule has 1 aromatic heterocycles. The van der Waals surface area contributed by atoms with Crippen molar-refractivity contribution in [1.29, 1.82) is 0 Å². The number of aromatic nitrogens is 1. The molecule has 0 aliphatic heterocycles. The maximum atomic E-state index is 10.8. The van der Waals surface area contributed by atoms with Gasteiger partial charge in [-0.15, -0.1) is 11.3 Å². The normalized spacial score (nSPS) is 29.8. The van der Waals surface area contributed by atoms with Crippen LogP contribution >= 0.6 is 27.3 Å². The Balaban J connectivity index is 2.09. The van der Waals surface area contributed by atoms with Gasteiger partial charge >= 0.3 is 0 Å². The summed E-state index contributed by atoms with van der Waals surface area (Å²) in [5.74, 6) is 1.36. The largest absolute Gasteiger partial charge is 0.383 e. The zero-order valence-electron chi connectivity index (χ0n) is 10.4. The van der Waals surface area contributed by atoms with Crippen molar-refractivity contribution in [2.24, 2.45) is 11.8 Å². The fourth-order valence-corrected chi connectivity index (χ4v) is 4.29. The quantitative estimate of drug-likeness (QED) is 0.900. The van der Waals surface area contributed by atoms with Gasteiger partial charge in [0.15, 0.2) is 0 Å². The first-order valence-corrected chi connectivity index (χ1v) is 8.01. The highest BCUT2D eigenvalue weighted by molar-refractivity contribution is 9.10. The molecule has 1 heterocycles. The minimum Gasteiger partial charge on any atom is -0.383 e. The molecule has 0 aromatic carbocycles. The van der Waals surface area contributed by atoms with Gasteiger partial charge < -0.3 is 5.11 Å². The second kappa shape index (κ2) is 5.37. The molecule has 17 heavy (non-hydrogen) atoms. The smallest absolute Gasteiger partial charge is 0.126 e. The van der Waals surface area contributed by atoms with Gasteiger partial charge in [-0.1, -0.05) is 20.3 Å². The van der Waals surface area contributed by atoms with Gasteiger partial charge in [0.2, 0.25) is 0 Å². The van der Waals surface area contributed by atoms with Gasteiger partial charge in [-0.2, -0.15) is 0 Å². The van der Waals surface area contributed by atoms with E-state index in [1.807, 2.05) is 5.38 Å². The molecule has 2 atom stereocenters. The molecule has 0 bridgehead atoms. The van der Waals surface area contributed by atoms with Crippen LogP contribution in [0.4, 0.5) is 0 Å². The van der Waals surface area contributed by atoms with E-state index in [9.17, 15) is 5.11 Å². The molecular formula is C13H20BrNOS. The fourth-order valence-electron chi connectivity index (χ4n) is 2.89. The van der Waals surface area contributed by atoms with Crippen molar-refractivity contribution in [2.45, 2.75) is 51.6 Å². The average molecular weight is 318 g/mol. The molecule has 1 saturated carbocycles. The second-order valence-electron chi connectivity index (χ2n) is 5.60. The monoisotopic (exact) mass is 317 g/mol. The highest BCUT2D eigenvalue weighted by Gasteiger charge is 2.38. The SMILES string of the molecule is CC(C)CC1CCCC(O)(c2nc(Br)cs2)C1. The number of hydrogen-bond donors (Lipinski definition) is 1. The van der Waals surface area contributed by atoms with E-state index in [1.54, 1.807) is 11.3 Å². The first-order chi connectivity index (χ1) is 7.99.